The third-order valence-corrected chi connectivity index (χ3v) is 1.88. The number of hydrogen-bond donors (Lipinski definition) is 0. The second kappa shape index (κ2) is 6.18. The van der Waals surface area contributed by atoms with Crippen molar-refractivity contribution in [1.29, 1.82) is 0 Å². The van der Waals surface area contributed by atoms with E-state index in [4.69, 9.17) is 4.74 Å². The molecule has 0 saturated heterocycles. The maximum atomic E-state index is 11.0. The molecule has 1 aromatic rings. The lowest BCUT2D eigenvalue weighted by atomic mass is 10.2. The molecule has 0 aromatic carbocycles. The van der Waals surface area contributed by atoms with Gasteiger partial charge in [-0.05, 0) is 25.8 Å². The van der Waals surface area contributed by atoms with Crippen LogP contribution in [0.2, 0.25) is 0 Å². The first kappa shape index (κ1) is 10.8. The Hall–Kier alpha value is -1.32. The zero-order chi connectivity index (χ0) is 10.2. The summed E-state index contributed by atoms with van der Waals surface area (Å²) in [5.74, 6) is -0.104. The number of nitrogens with zero attached hydrogens (tertiary/aromatic N) is 2. The number of aromatic nitrogens is 2. The van der Waals surface area contributed by atoms with Crippen molar-refractivity contribution in [3.05, 3.63) is 18.5 Å². The predicted octanol–water partition coefficient (Wildman–Crippen LogP) is 1.62. The molecule has 0 spiro atoms. The SMILES string of the molecule is CCOC(=O)CCCCn1cccn1. The van der Waals surface area contributed by atoms with E-state index in [2.05, 4.69) is 5.10 Å². The van der Waals surface area contributed by atoms with Crippen molar-refractivity contribution >= 4 is 5.97 Å². The van der Waals surface area contributed by atoms with Gasteiger partial charge in [-0.15, -0.1) is 0 Å². The molecule has 0 amide bonds. The van der Waals surface area contributed by atoms with Crippen LogP contribution in [-0.4, -0.2) is 22.4 Å². The van der Waals surface area contributed by atoms with E-state index in [0.29, 0.717) is 13.0 Å². The molecule has 0 atom stereocenters. The predicted molar refractivity (Wildman–Crippen MR) is 52.7 cm³/mol. The monoisotopic (exact) mass is 196 g/mol. The fourth-order valence-corrected chi connectivity index (χ4v) is 1.21. The molecular weight excluding hydrogens is 180 g/mol. The lowest BCUT2D eigenvalue weighted by Gasteiger charge is -2.02. The number of rotatable bonds is 6. The summed E-state index contributed by atoms with van der Waals surface area (Å²) in [7, 11) is 0. The van der Waals surface area contributed by atoms with Crippen LogP contribution in [0.5, 0.6) is 0 Å². The molecule has 0 unspecified atom stereocenters. The summed E-state index contributed by atoms with van der Waals surface area (Å²) >= 11 is 0. The van der Waals surface area contributed by atoms with E-state index in [1.165, 1.54) is 0 Å². The van der Waals surface area contributed by atoms with E-state index in [1.54, 1.807) is 6.20 Å². The van der Waals surface area contributed by atoms with Crippen LogP contribution < -0.4 is 0 Å². The molecule has 0 radical (unpaired) electrons. The summed E-state index contributed by atoms with van der Waals surface area (Å²) in [5.41, 5.74) is 0. The van der Waals surface area contributed by atoms with E-state index in [9.17, 15) is 4.79 Å². The Morgan fingerprint density at radius 2 is 2.36 bits per heavy atom. The van der Waals surface area contributed by atoms with Crippen LogP contribution in [0.4, 0.5) is 0 Å². The first-order valence-corrected chi connectivity index (χ1v) is 4.96. The molecule has 14 heavy (non-hydrogen) atoms. The van der Waals surface area contributed by atoms with Gasteiger partial charge < -0.3 is 4.74 Å². The van der Waals surface area contributed by atoms with Crippen LogP contribution >= 0.6 is 0 Å². The van der Waals surface area contributed by atoms with Gasteiger partial charge in [0.1, 0.15) is 0 Å². The van der Waals surface area contributed by atoms with Gasteiger partial charge in [-0.3, -0.25) is 9.48 Å². The van der Waals surface area contributed by atoms with Gasteiger partial charge in [-0.2, -0.15) is 5.10 Å². The molecule has 0 aliphatic heterocycles. The van der Waals surface area contributed by atoms with Crippen molar-refractivity contribution in [2.24, 2.45) is 0 Å². The average Bonchev–Trinajstić information content (AvgIpc) is 2.65. The van der Waals surface area contributed by atoms with Gasteiger partial charge in [0.05, 0.1) is 6.61 Å². The van der Waals surface area contributed by atoms with Crippen LogP contribution in [0.3, 0.4) is 0 Å². The van der Waals surface area contributed by atoms with E-state index < -0.39 is 0 Å². The number of hydrogen-bond acceptors (Lipinski definition) is 3. The smallest absolute Gasteiger partial charge is 0.305 e. The van der Waals surface area contributed by atoms with Gasteiger partial charge in [0.2, 0.25) is 0 Å². The Morgan fingerprint density at radius 1 is 1.50 bits per heavy atom. The lowest BCUT2D eigenvalue weighted by Crippen LogP contribution is -2.04. The van der Waals surface area contributed by atoms with E-state index in [1.807, 2.05) is 23.9 Å². The minimum atomic E-state index is -0.104. The highest BCUT2D eigenvalue weighted by atomic mass is 16.5. The van der Waals surface area contributed by atoms with Crippen LogP contribution in [0.15, 0.2) is 18.5 Å². The van der Waals surface area contributed by atoms with Crippen LogP contribution in [0.1, 0.15) is 26.2 Å². The number of unbranched alkanes of at least 4 members (excludes halogenated alkanes) is 1. The summed E-state index contributed by atoms with van der Waals surface area (Å²) in [5, 5.41) is 4.07. The Bertz CT molecular complexity index is 257. The van der Waals surface area contributed by atoms with Gasteiger partial charge in [-0.1, -0.05) is 0 Å². The van der Waals surface area contributed by atoms with E-state index in [0.717, 1.165) is 19.4 Å². The molecule has 0 bridgehead atoms. The standard InChI is InChI=1S/C10H16N2O2/c1-2-14-10(13)6-3-4-8-12-9-5-7-11-12/h5,7,9H,2-4,6,8H2,1H3. The van der Waals surface area contributed by atoms with Crippen molar-refractivity contribution in [1.82, 2.24) is 9.78 Å². The van der Waals surface area contributed by atoms with Gasteiger partial charge in [0.15, 0.2) is 0 Å². The quantitative estimate of drug-likeness (QED) is 0.513. The minimum absolute atomic E-state index is 0.104. The molecule has 78 valence electrons. The number of carbonyl (C=O) groups is 1. The highest BCUT2D eigenvalue weighted by molar-refractivity contribution is 5.69. The molecule has 0 N–H and O–H groups in total. The van der Waals surface area contributed by atoms with Crippen LogP contribution in [-0.2, 0) is 16.1 Å². The van der Waals surface area contributed by atoms with Crippen molar-refractivity contribution in [2.75, 3.05) is 6.61 Å². The fourth-order valence-electron chi connectivity index (χ4n) is 1.21. The Labute approximate surface area is 83.9 Å². The summed E-state index contributed by atoms with van der Waals surface area (Å²) in [6, 6.07) is 1.89. The van der Waals surface area contributed by atoms with Crippen LogP contribution in [0, 0.1) is 0 Å². The first-order chi connectivity index (χ1) is 6.83. The second-order valence-corrected chi connectivity index (χ2v) is 3.03. The minimum Gasteiger partial charge on any atom is -0.466 e. The van der Waals surface area contributed by atoms with E-state index in [-0.39, 0.29) is 5.97 Å². The van der Waals surface area contributed by atoms with Gasteiger partial charge in [0.25, 0.3) is 0 Å². The largest absolute Gasteiger partial charge is 0.466 e. The second-order valence-electron chi connectivity index (χ2n) is 3.03. The molecule has 0 aliphatic carbocycles. The Morgan fingerprint density at radius 3 is 3.00 bits per heavy atom. The molecule has 0 saturated carbocycles. The first-order valence-electron chi connectivity index (χ1n) is 4.96. The van der Waals surface area contributed by atoms with Crippen molar-refractivity contribution < 1.29 is 9.53 Å². The fraction of sp³-hybridized carbons (Fsp3) is 0.600. The highest BCUT2D eigenvalue weighted by Gasteiger charge is 2.00. The third kappa shape index (κ3) is 4.07. The topological polar surface area (TPSA) is 44.1 Å². The Balaban J connectivity index is 2.02. The highest BCUT2D eigenvalue weighted by Crippen LogP contribution is 2.00. The Kier molecular flexibility index (Phi) is 4.75. The van der Waals surface area contributed by atoms with Gasteiger partial charge >= 0.3 is 5.97 Å². The van der Waals surface area contributed by atoms with Crippen molar-refractivity contribution in [2.45, 2.75) is 32.7 Å². The zero-order valence-corrected chi connectivity index (χ0v) is 8.48. The summed E-state index contributed by atoms with van der Waals surface area (Å²) in [6.07, 6.45) is 6.00. The summed E-state index contributed by atoms with van der Waals surface area (Å²) < 4.78 is 6.68. The number of carbonyl (C=O) groups excluding carboxylic acids is 1. The number of ether oxygens (including phenoxy) is 1. The van der Waals surface area contributed by atoms with Crippen molar-refractivity contribution in [3.63, 3.8) is 0 Å². The summed E-state index contributed by atoms with van der Waals surface area (Å²) in [6.45, 7) is 3.16. The van der Waals surface area contributed by atoms with Crippen LogP contribution in [0.25, 0.3) is 0 Å². The number of esters is 1. The molecule has 1 heterocycles. The molecule has 4 nitrogen and oxygen atoms in total. The maximum absolute atomic E-state index is 11.0. The van der Waals surface area contributed by atoms with Crippen molar-refractivity contribution in [3.8, 4) is 0 Å². The van der Waals surface area contributed by atoms with Gasteiger partial charge in [0, 0.05) is 25.4 Å². The average molecular weight is 196 g/mol. The molecule has 1 rings (SSSR count). The normalized spacial score (nSPS) is 10.1. The van der Waals surface area contributed by atoms with Gasteiger partial charge in [-0.25, -0.2) is 0 Å². The zero-order valence-electron chi connectivity index (χ0n) is 8.48. The lowest BCUT2D eigenvalue weighted by molar-refractivity contribution is -0.143. The van der Waals surface area contributed by atoms with E-state index >= 15 is 0 Å². The molecular formula is C10H16N2O2. The summed E-state index contributed by atoms with van der Waals surface area (Å²) in [4.78, 5) is 11.0. The molecule has 0 fully saturated rings. The molecule has 0 aliphatic rings. The number of aryl methyl sites for hydroxylation is 1. The third-order valence-electron chi connectivity index (χ3n) is 1.88. The molecule has 4 heteroatoms. The molecule has 1 aromatic heterocycles. The maximum Gasteiger partial charge on any atom is 0.305 e.